The van der Waals surface area contributed by atoms with Gasteiger partial charge in [0.2, 0.25) is 0 Å². The Morgan fingerprint density at radius 1 is 1.21 bits per heavy atom. The van der Waals surface area contributed by atoms with Crippen molar-refractivity contribution >= 4 is 11.3 Å². The summed E-state index contributed by atoms with van der Waals surface area (Å²) in [6.45, 7) is 4.05. The normalized spacial score (nSPS) is 14.1. The quantitative estimate of drug-likeness (QED) is 0.880. The van der Waals surface area contributed by atoms with Crippen LogP contribution in [0.15, 0.2) is 35.7 Å². The van der Waals surface area contributed by atoms with E-state index in [0.717, 1.165) is 0 Å². The van der Waals surface area contributed by atoms with Crippen LogP contribution in [0, 0.1) is 5.82 Å². The fourth-order valence-electron chi connectivity index (χ4n) is 2.07. The van der Waals surface area contributed by atoms with E-state index in [0.29, 0.717) is 11.3 Å². The Kier molecular flexibility index (Phi) is 4.56. The van der Waals surface area contributed by atoms with Crippen LogP contribution in [-0.4, -0.2) is 7.11 Å². The Labute approximate surface area is 117 Å². The fourth-order valence-corrected chi connectivity index (χ4v) is 2.81. The Morgan fingerprint density at radius 2 is 2.00 bits per heavy atom. The van der Waals surface area contributed by atoms with E-state index in [1.54, 1.807) is 23.5 Å². The second-order valence-corrected chi connectivity index (χ2v) is 5.49. The first kappa shape index (κ1) is 14.0. The van der Waals surface area contributed by atoms with Gasteiger partial charge in [0.1, 0.15) is 11.6 Å². The SMILES string of the molecule is COc1ccc(C(C)N[C@H](C)c2cccs2)c(F)c1. The van der Waals surface area contributed by atoms with Crippen molar-refractivity contribution in [2.75, 3.05) is 7.11 Å². The summed E-state index contributed by atoms with van der Waals surface area (Å²) in [6, 6.07) is 9.23. The molecule has 4 heteroatoms. The molecule has 0 aliphatic heterocycles. The predicted octanol–water partition coefficient (Wildman–Crippen LogP) is 4.31. The highest BCUT2D eigenvalue weighted by atomic mass is 32.1. The lowest BCUT2D eigenvalue weighted by atomic mass is 10.1. The van der Waals surface area contributed by atoms with Crippen LogP contribution in [-0.2, 0) is 0 Å². The molecule has 2 aromatic rings. The van der Waals surface area contributed by atoms with Gasteiger partial charge in [-0.25, -0.2) is 4.39 Å². The molecule has 1 heterocycles. The summed E-state index contributed by atoms with van der Waals surface area (Å²) in [4.78, 5) is 1.25. The third-order valence-corrected chi connectivity index (χ3v) is 4.20. The molecule has 2 atom stereocenters. The summed E-state index contributed by atoms with van der Waals surface area (Å²) in [5.41, 5.74) is 0.657. The summed E-state index contributed by atoms with van der Waals surface area (Å²) in [6.07, 6.45) is 0. The number of methoxy groups -OCH3 is 1. The zero-order valence-corrected chi connectivity index (χ0v) is 12.1. The van der Waals surface area contributed by atoms with Crippen LogP contribution >= 0.6 is 11.3 Å². The third-order valence-electron chi connectivity index (χ3n) is 3.14. The van der Waals surface area contributed by atoms with Crippen LogP contribution in [0.4, 0.5) is 4.39 Å². The van der Waals surface area contributed by atoms with Crippen molar-refractivity contribution < 1.29 is 9.13 Å². The number of hydrogen-bond donors (Lipinski definition) is 1. The highest BCUT2D eigenvalue weighted by Crippen LogP contribution is 2.25. The molecule has 0 radical (unpaired) electrons. The summed E-state index contributed by atoms with van der Waals surface area (Å²) >= 11 is 1.70. The monoisotopic (exact) mass is 279 g/mol. The molecule has 0 fully saturated rings. The summed E-state index contributed by atoms with van der Waals surface area (Å²) < 4.78 is 19.0. The van der Waals surface area contributed by atoms with Crippen LogP contribution in [0.2, 0.25) is 0 Å². The van der Waals surface area contributed by atoms with Gasteiger partial charge < -0.3 is 10.1 Å². The summed E-state index contributed by atoms with van der Waals surface area (Å²) in [5, 5.41) is 5.45. The van der Waals surface area contributed by atoms with Crippen LogP contribution < -0.4 is 10.1 Å². The van der Waals surface area contributed by atoms with Crippen molar-refractivity contribution in [3.8, 4) is 5.75 Å². The number of hydrogen-bond acceptors (Lipinski definition) is 3. The van der Waals surface area contributed by atoms with Crippen molar-refractivity contribution in [2.45, 2.75) is 25.9 Å². The smallest absolute Gasteiger partial charge is 0.131 e. The van der Waals surface area contributed by atoms with E-state index in [1.807, 2.05) is 18.4 Å². The first-order chi connectivity index (χ1) is 9.11. The molecular formula is C15H18FNOS. The summed E-state index contributed by atoms with van der Waals surface area (Å²) in [5.74, 6) is 0.303. The average Bonchev–Trinajstić information content (AvgIpc) is 2.92. The highest BCUT2D eigenvalue weighted by Gasteiger charge is 2.15. The molecule has 0 saturated heterocycles. The molecule has 1 unspecified atom stereocenters. The van der Waals surface area contributed by atoms with E-state index in [1.165, 1.54) is 18.1 Å². The highest BCUT2D eigenvalue weighted by molar-refractivity contribution is 7.10. The van der Waals surface area contributed by atoms with E-state index in [-0.39, 0.29) is 17.9 Å². The van der Waals surface area contributed by atoms with Gasteiger partial charge >= 0.3 is 0 Å². The van der Waals surface area contributed by atoms with E-state index >= 15 is 0 Å². The van der Waals surface area contributed by atoms with Crippen LogP contribution in [0.1, 0.15) is 36.4 Å². The van der Waals surface area contributed by atoms with Crippen molar-refractivity contribution in [3.63, 3.8) is 0 Å². The Hall–Kier alpha value is -1.39. The predicted molar refractivity (Wildman–Crippen MR) is 77.2 cm³/mol. The van der Waals surface area contributed by atoms with Crippen LogP contribution in [0.5, 0.6) is 5.75 Å². The molecule has 0 saturated carbocycles. The first-order valence-electron chi connectivity index (χ1n) is 6.24. The van der Waals surface area contributed by atoms with Gasteiger partial charge in [0, 0.05) is 28.6 Å². The molecule has 1 aromatic heterocycles. The van der Waals surface area contributed by atoms with Gasteiger partial charge in [-0.3, -0.25) is 0 Å². The second kappa shape index (κ2) is 6.17. The zero-order chi connectivity index (χ0) is 13.8. The van der Waals surface area contributed by atoms with Gasteiger partial charge in [-0.15, -0.1) is 11.3 Å². The maximum Gasteiger partial charge on any atom is 0.131 e. The number of nitrogens with one attached hydrogen (secondary N) is 1. The molecule has 0 spiro atoms. The Bertz CT molecular complexity index is 527. The molecule has 102 valence electrons. The second-order valence-electron chi connectivity index (χ2n) is 4.51. The van der Waals surface area contributed by atoms with E-state index < -0.39 is 0 Å². The molecule has 1 N–H and O–H groups in total. The largest absolute Gasteiger partial charge is 0.497 e. The molecule has 19 heavy (non-hydrogen) atoms. The minimum absolute atomic E-state index is 0.0528. The lowest BCUT2D eigenvalue weighted by Gasteiger charge is -2.20. The fraction of sp³-hybridized carbons (Fsp3) is 0.333. The van der Waals surface area contributed by atoms with Gasteiger partial charge in [-0.05, 0) is 31.4 Å². The minimum atomic E-state index is -0.238. The molecule has 1 aromatic carbocycles. The molecule has 0 aliphatic carbocycles. The molecule has 0 aliphatic rings. The minimum Gasteiger partial charge on any atom is -0.497 e. The Balaban J connectivity index is 2.09. The third kappa shape index (κ3) is 3.33. The van der Waals surface area contributed by atoms with Crippen molar-refractivity contribution in [1.29, 1.82) is 0 Å². The molecule has 0 bridgehead atoms. The zero-order valence-electron chi connectivity index (χ0n) is 11.3. The van der Waals surface area contributed by atoms with Crippen molar-refractivity contribution in [2.24, 2.45) is 0 Å². The van der Waals surface area contributed by atoms with Crippen molar-refractivity contribution in [3.05, 3.63) is 52.0 Å². The topological polar surface area (TPSA) is 21.3 Å². The number of halogens is 1. The lowest BCUT2D eigenvalue weighted by molar-refractivity contribution is 0.408. The van der Waals surface area contributed by atoms with Gasteiger partial charge in [-0.1, -0.05) is 12.1 Å². The maximum atomic E-state index is 14.0. The number of rotatable bonds is 5. The molecule has 2 rings (SSSR count). The van der Waals surface area contributed by atoms with Gasteiger partial charge in [0.05, 0.1) is 7.11 Å². The van der Waals surface area contributed by atoms with Crippen molar-refractivity contribution in [1.82, 2.24) is 5.32 Å². The number of ether oxygens (including phenoxy) is 1. The van der Waals surface area contributed by atoms with Gasteiger partial charge in [0.15, 0.2) is 0 Å². The molecular weight excluding hydrogens is 261 g/mol. The van der Waals surface area contributed by atoms with Gasteiger partial charge in [-0.2, -0.15) is 0 Å². The average molecular weight is 279 g/mol. The van der Waals surface area contributed by atoms with Crippen LogP contribution in [0.3, 0.4) is 0 Å². The standard InChI is InChI=1S/C15H18FNOS/c1-10(17-11(2)15-5-4-8-19-15)13-7-6-12(18-3)9-14(13)16/h4-11,17H,1-3H3/t10?,11-/m1/s1. The van der Waals surface area contributed by atoms with Crippen LogP contribution in [0.25, 0.3) is 0 Å². The first-order valence-corrected chi connectivity index (χ1v) is 7.12. The number of thiophene rings is 1. The van der Waals surface area contributed by atoms with E-state index in [9.17, 15) is 4.39 Å². The lowest BCUT2D eigenvalue weighted by Crippen LogP contribution is -2.22. The van der Waals surface area contributed by atoms with Gasteiger partial charge in [0.25, 0.3) is 0 Å². The van der Waals surface area contributed by atoms with E-state index in [4.69, 9.17) is 4.74 Å². The molecule has 2 nitrogen and oxygen atoms in total. The van der Waals surface area contributed by atoms with E-state index in [2.05, 4.69) is 18.3 Å². The Morgan fingerprint density at radius 3 is 2.58 bits per heavy atom. The number of benzene rings is 1. The summed E-state index contributed by atoms with van der Waals surface area (Å²) in [7, 11) is 1.54. The maximum absolute atomic E-state index is 14.0. The molecule has 0 amide bonds.